The smallest absolute Gasteiger partial charge is 0.255 e. The minimum absolute atomic E-state index is 0.0318. The Kier molecular flexibility index (Phi) is 6.51. The Morgan fingerprint density at radius 1 is 1.36 bits per heavy atom. The van der Waals surface area contributed by atoms with E-state index in [0.29, 0.717) is 18.6 Å². The van der Waals surface area contributed by atoms with Crippen molar-refractivity contribution in [2.24, 2.45) is 0 Å². The fraction of sp³-hybridized carbons (Fsp3) is 0.263. The Balaban J connectivity index is 2.01. The first kappa shape index (κ1) is 18.4. The molecule has 1 aromatic carbocycles. The fourth-order valence-corrected chi connectivity index (χ4v) is 2.25. The molecule has 0 bridgehead atoms. The van der Waals surface area contributed by atoms with E-state index in [-0.39, 0.29) is 23.7 Å². The van der Waals surface area contributed by atoms with Crippen molar-refractivity contribution in [1.82, 2.24) is 10.3 Å². The number of hydrogen-bond acceptors (Lipinski definition) is 4. The van der Waals surface area contributed by atoms with Crippen LogP contribution in [0.4, 0.5) is 10.2 Å². The molecule has 0 radical (unpaired) electrons. The van der Waals surface area contributed by atoms with Gasteiger partial charge in [0, 0.05) is 17.8 Å². The normalized spacial score (nSPS) is 10.8. The predicted octanol–water partition coefficient (Wildman–Crippen LogP) is 3.39. The molecule has 132 valence electrons. The van der Waals surface area contributed by atoms with Gasteiger partial charge < -0.3 is 15.8 Å². The molecule has 3 N–H and O–H groups in total. The van der Waals surface area contributed by atoms with Crippen molar-refractivity contribution in [2.45, 2.75) is 26.8 Å². The van der Waals surface area contributed by atoms with Gasteiger partial charge in [-0.15, -0.1) is 0 Å². The number of carbonyl (C=O) groups excluding carboxylic acids is 1. The lowest BCUT2D eigenvalue weighted by Gasteiger charge is -2.11. The van der Waals surface area contributed by atoms with Gasteiger partial charge in [-0.05, 0) is 38.5 Å². The van der Waals surface area contributed by atoms with Crippen LogP contribution in [0.5, 0.6) is 5.75 Å². The van der Waals surface area contributed by atoms with E-state index in [1.165, 1.54) is 0 Å². The number of halogens is 1. The molecule has 0 aliphatic heterocycles. The van der Waals surface area contributed by atoms with E-state index in [1.54, 1.807) is 37.3 Å². The summed E-state index contributed by atoms with van der Waals surface area (Å²) in [7, 11) is 0. The summed E-state index contributed by atoms with van der Waals surface area (Å²) in [5.41, 5.74) is 7.09. The molecule has 0 atom stereocenters. The molecule has 0 aliphatic rings. The van der Waals surface area contributed by atoms with Crippen molar-refractivity contribution >= 4 is 11.7 Å². The number of ether oxygens (including phenoxy) is 1. The lowest BCUT2D eigenvalue weighted by molar-refractivity contribution is 0.0951. The largest absolute Gasteiger partial charge is 0.490 e. The third-order valence-corrected chi connectivity index (χ3v) is 3.57. The van der Waals surface area contributed by atoms with Crippen LogP contribution in [0.3, 0.4) is 0 Å². The second kappa shape index (κ2) is 8.82. The first-order valence-electron chi connectivity index (χ1n) is 8.05. The Bertz CT molecular complexity index is 775. The molecule has 0 saturated carbocycles. The van der Waals surface area contributed by atoms with Crippen LogP contribution in [-0.2, 0) is 6.54 Å². The second-order valence-corrected chi connectivity index (χ2v) is 5.50. The number of carbonyl (C=O) groups is 1. The number of amides is 1. The van der Waals surface area contributed by atoms with E-state index >= 15 is 0 Å². The van der Waals surface area contributed by atoms with Gasteiger partial charge >= 0.3 is 0 Å². The summed E-state index contributed by atoms with van der Waals surface area (Å²) in [6.07, 6.45) is 4.57. The van der Waals surface area contributed by atoms with E-state index in [4.69, 9.17) is 10.5 Å². The van der Waals surface area contributed by atoms with Crippen molar-refractivity contribution in [3.63, 3.8) is 0 Å². The highest BCUT2D eigenvalue weighted by Gasteiger charge is 2.13. The van der Waals surface area contributed by atoms with Gasteiger partial charge in [-0.2, -0.15) is 0 Å². The number of aromatic nitrogens is 1. The lowest BCUT2D eigenvalue weighted by atomic mass is 10.1. The molecule has 2 rings (SSSR count). The van der Waals surface area contributed by atoms with Gasteiger partial charge in [-0.1, -0.05) is 24.3 Å². The maximum atomic E-state index is 14.4. The Labute approximate surface area is 146 Å². The molecule has 1 aromatic heterocycles. The summed E-state index contributed by atoms with van der Waals surface area (Å²) in [6.45, 7) is 4.13. The topological polar surface area (TPSA) is 77.2 Å². The second-order valence-electron chi connectivity index (χ2n) is 5.50. The molecule has 6 heteroatoms. The van der Waals surface area contributed by atoms with Gasteiger partial charge in [0.25, 0.3) is 5.91 Å². The number of benzene rings is 1. The fourth-order valence-electron chi connectivity index (χ4n) is 2.25. The highest BCUT2D eigenvalue weighted by Crippen LogP contribution is 2.21. The minimum atomic E-state index is -0.474. The summed E-state index contributed by atoms with van der Waals surface area (Å²) in [6, 6.07) is 8.16. The Hall–Kier alpha value is -2.89. The monoisotopic (exact) mass is 343 g/mol. The molecule has 1 amide bonds. The van der Waals surface area contributed by atoms with E-state index in [2.05, 4.69) is 10.3 Å². The van der Waals surface area contributed by atoms with Crippen molar-refractivity contribution in [2.75, 3.05) is 12.3 Å². The number of hydrogen-bond donors (Lipinski definition) is 2. The molecule has 0 fully saturated rings. The molecule has 0 saturated heterocycles. The number of pyridine rings is 1. The van der Waals surface area contributed by atoms with Crippen molar-refractivity contribution in [3.05, 3.63) is 65.1 Å². The van der Waals surface area contributed by atoms with Crippen molar-refractivity contribution in [1.29, 1.82) is 0 Å². The van der Waals surface area contributed by atoms with Gasteiger partial charge in [0.15, 0.2) is 11.6 Å². The molecule has 0 unspecified atom stereocenters. The van der Waals surface area contributed by atoms with Gasteiger partial charge in [0.2, 0.25) is 0 Å². The number of nitrogens with two attached hydrogens (primary N) is 1. The van der Waals surface area contributed by atoms with Crippen LogP contribution in [0.1, 0.15) is 35.0 Å². The average molecular weight is 343 g/mol. The number of nitrogens with zero attached hydrogens (tertiary/aromatic N) is 1. The Morgan fingerprint density at radius 2 is 2.16 bits per heavy atom. The molecule has 2 aromatic rings. The lowest BCUT2D eigenvalue weighted by Crippen LogP contribution is -2.24. The Morgan fingerprint density at radius 3 is 2.88 bits per heavy atom. The van der Waals surface area contributed by atoms with Gasteiger partial charge in [0.1, 0.15) is 5.82 Å². The first-order valence-corrected chi connectivity index (χ1v) is 8.05. The first-order chi connectivity index (χ1) is 12.0. The number of nitrogen functional groups attached to an aromatic ring is 1. The number of rotatable bonds is 7. The highest BCUT2D eigenvalue weighted by molar-refractivity contribution is 5.98. The average Bonchev–Trinajstić information content (AvgIpc) is 2.58. The van der Waals surface area contributed by atoms with E-state index in [9.17, 15) is 9.18 Å². The molecule has 0 spiro atoms. The third-order valence-electron chi connectivity index (χ3n) is 3.57. The zero-order chi connectivity index (χ0) is 18.2. The zero-order valence-electron chi connectivity index (χ0n) is 14.4. The zero-order valence-corrected chi connectivity index (χ0v) is 14.4. The van der Waals surface area contributed by atoms with E-state index in [1.807, 2.05) is 19.1 Å². The molecular formula is C19H22FN3O2. The van der Waals surface area contributed by atoms with E-state index in [0.717, 1.165) is 5.69 Å². The summed E-state index contributed by atoms with van der Waals surface area (Å²) in [5, 5.41) is 2.65. The summed E-state index contributed by atoms with van der Waals surface area (Å²) >= 11 is 0. The van der Waals surface area contributed by atoms with Crippen LogP contribution in [0.2, 0.25) is 0 Å². The minimum Gasteiger partial charge on any atom is -0.490 e. The van der Waals surface area contributed by atoms with Gasteiger partial charge in [-0.3, -0.25) is 4.79 Å². The predicted molar refractivity (Wildman–Crippen MR) is 95.9 cm³/mol. The molecule has 5 nitrogen and oxygen atoms in total. The summed E-state index contributed by atoms with van der Waals surface area (Å²) < 4.78 is 19.9. The molecule has 1 heterocycles. The van der Waals surface area contributed by atoms with E-state index < -0.39 is 11.7 Å². The van der Waals surface area contributed by atoms with Crippen LogP contribution >= 0.6 is 0 Å². The number of allylic oxidation sites excluding steroid dienone is 1. The SMILES string of the molecule is C/C=C/CCOc1cccc(CNC(=O)c2ccc(C)nc2N)c1F. The summed E-state index contributed by atoms with van der Waals surface area (Å²) in [4.78, 5) is 16.2. The molecule has 0 aliphatic carbocycles. The third kappa shape index (κ3) is 5.04. The van der Waals surface area contributed by atoms with Crippen molar-refractivity contribution in [3.8, 4) is 5.75 Å². The molecule has 25 heavy (non-hydrogen) atoms. The highest BCUT2D eigenvalue weighted by atomic mass is 19.1. The quantitative estimate of drug-likeness (QED) is 0.597. The summed E-state index contributed by atoms with van der Waals surface area (Å²) in [5.74, 6) is -0.547. The van der Waals surface area contributed by atoms with Gasteiger partial charge in [0.05, 0.1) is 12.2 Å². The number of aryl methyl sites for hydroxylation is 1. The van der Waals surface area contributed by atoms with Crippen LogP contribution in [0, 0.1) is 12.7 Å². The standard InChI is InChI=1S/C19H22FN3O2/c1-3-4-5-11-25-16-8-6-7-14(17(16)20)12-22-19(24)15-10-9-13(2)23-18(15)21/h3-4,6-10H,5,11-12H2,1-2H3,(H2,21,23)(H,22,24)/b4-3+. The maximum absolute atomic E-state index is 14.4. The van der Waals surface area contributed by atoms with Crippen molar-refractivity contribution < 1.29 is 13.9 Å². The number of nitrogens with one attached hydrogen (secondary N) is 1. The van der Waals surface area contributed by atoms with Gasteiger partial charge in [-0.25, -0.2) is 9.37 Å². The van der Waals surface area contributed by atoms with Crippen LogP contribution in [-0.4, -0.2) is 17.5 Å². The van der Waals surface area contributed by atoms with Crippen LogP contribution in [0.25, 0.3) is 0 Å². The van der Waals surface area contributed by atoms with Crippen LogP contribution < -0.4 is 15.8 Å². The van der Waals surface area contributed by atoms with Crippen LogP contribution in [0.15, 0.2) is 42.5 Å². The maximum Gasteiger partial charge on any atom is 0.255 e. The molecular weight excluding hydrogens is 321 g/mol. The number of anilines is 1.